The number of benzene rings is 1. The molecule has 1 aromatic carbocycles. The van der Waals surface area contributed by atoms with Crippen LogP contribution in [0.2, 0.25) is 0 Å². The van der Waals surface area contributed by atoms with Crippen LogP contribution in [0.5, 0.6) is 0 Å². The van der Waals surface area contributed by atoms with Crippen LogP contribution in [-0.2, 0) is 0 Å². The van der Waals surface area contributed by atoms with Gasteiger partial charge in [-0.3, -0.25) is 4.90 Å². The summed E-state index contributed by atoms with van der Waals surface area (Å²) in [6.07, 6.45) is 3.86. The molecule has 2 N–H and O–H groups in total. The average molecular weight is 297 g/mol. The van der Waals surface area contributed by atoms with Gasteiger partial charge in [0.05, 0.1) is 0 Å². The van der Waals surface area contributed by atoms with E-state index in [9.17, 15) is 0 Å². The summed E-state index contributed by atoms with van der Waals surface area (Å²) in [5.41, 5.74) is 7.34. The van der Waals surface area contributed by atoms with Crippen molar-refractivity contribution in [2.45, 2.75) is 38.3 Å². The first-order valence-electron chi connectivity index (χ1n) is 6.48. The fourth-order valence-electron chi connectivity index (χ4n) is 2.44. The molecule has 2 nitrogen and oxygen atoms in total. The van der Waals surface area contributed by atoms with Crippen LogP contribution in [0.3, 0.4) is 0 Å². The zero-order valence-electron chi connectivity index (χ0n) is 10.4. The number of nitrogens with zero attached hydrogens (tertiary/aromatic N) is 1. The molecule has 0 heterocycles. The normalized spacial score (nSPS) is 17.4. The van der Waals surface area contributed by atoms with Crippen LogP contribution in [0.15, 0.2) is 28.7 Å². The third-order valence-corrected chi connectivity index (χ3v) is 4.11. The van der Waals surface area contributed by atoms with E-state index in [1.54, 1.807) is 0 Å². The Balaban J connectivity index is 2.21. The maximum atomic E-state index is 6.01. The van der Waals surface area contributed by atoms with Crippen LogP contribution in [0.1, 0.15) is 37.8 Å². The van der Waals surface area contributed by atoms with Gasteiger partial charge in [0.1, 0.15) is 0 Å². The highest BCUT2D eigenvalue weighted by Gasteiger charge is 2.33. The molecule has 1 atom stereocenters. The second-order valence-corrected chi connectivity index (χ2v) is 5.60. The van der Waals surface area contributed by atoms with Crippen molar-refractivity contribution in [3.8, 4) is 0 Å². The molecular weight excluding hydrogens is 276 g/mol. The van der Waals surface area contributed by atoms with Crippen molar-refractivity contribution in [3.63, 3.8) is 0 Å². The average Bonchev–Trinajstić information content (AvgIpc) is 3.15. The summed E-state index contributed by atoms with van der Waals surface area (Å²) in [5.74, 6) is 0. The van der Waals surface area contributed by atoms with E-state index in [4.69, 9.17) is 5.73 Å². The number of halogens is 1. The van der Waals surface area contributed by atoms with E-state index in [0.29, 0.717) is 12.6 Å². The lowest BCUT2D eigenvalue weighted by Crippen LogP contribution is -2.36. The Morgan fingerprint density at radius 2 is 2.12 bits per heavy atom. The van der Waals surface area contributed by atoms with Crippen LogP contribution in [0.25, 0.3) is 0 Å². The van der Waals surface area contributed by atoms with E-state index in [-0.39, 0.29) is 0 Å². The van der Waals surface area contributed by atoms with Crippen LogP contribution >= 0.6 is 15.9 Å². The van der Waals surface area contributed by atoms with Crippen LogP contribution < -0.4 is 5.73 Å². The van der Waals surface area contributed by atoms with Crippen molar-refractivity contribution in [2.75, 3.05) is 13.1 Å². The molecule has 2 rings (SSSR count). The monoisotopic (exact) mass is 296 g/mol. The van der Waals surface area contributed by atoms with Crippen molar-refractivity contribution >= 4 is 15.9 Å². The molecule has 0 saturated heterocycles. The van der Waals surface area contributed by atoms with Gasteiger partial charge in [-0.1, -0.05) is 41.1 Å². The van der Waals surface area contributed by atoms with Gasteiger partial charge in [0.15, 0.2) is 0 Å². The molecule has 1 saturated carbocycles. The number of hydrogen-bond acceptors (Lipinski definition) is 2. The van der Waals surface area contributed by atoms with Gasteiger partial charge in [-0.25, -0.2) is 0 Å². The lowest BCUT2D eigenvalue weighted by molar-refractivity contribution is 0.191. The molecule has 1 aliphatic carbocycles. The smallest absolute Gasteiger partial charge is 0.0484 e. The van der Waals surface area contributed by atoms with Crippen LogP contribution in [-0.4, -0.2) is 24.0 Å². The first-order valence-corrected chi connectivity index (χ1v) is 7.27. The molecule has 0 bridgehead atoms. The fourth-order valence-corrected chi connectivity index (χ4v) is 2.99. The molecule has 94 valence electrons. The standard InChI is InChI=1S/C14H21BrN2/c1-2-9-17(11-7-8-11)14(10-16)12-5-3-4-6-13(12)15/h3-6,11,14H,2,7-10,16H2,1H3. The molecule has 1 fully saturated rings. The lowest BCUT2D eigenvalue weighted by Gasteiger charge is -2.31. The molecule has 1 unspecified atom stereocenters. The van der Waals surface area contributed by atoms with Crippen molar-refractivity contribution in [2.24, 2.45) is 5.73 Å². The molecule has 0 radical (unpaired) electrons. The van der Waals surface area contributed by atoms with Gasteiger partial charge in [0.2, 0.25) is 0 Å². The summed E-state index contributed by atoms with van der Waals surface area (Å²) in [7, 11) is 0. The predicted octanol–water partition coefficient (Wildman–Crippen LogP) is 3.32. The molecular formula is C14H21BrN2. The maximum Gasteiger partial charge on any atom is 0.0484 e. The lowest BCUT2D eigenvalue weighted by atomic mass is 10.0. The third kappa shape index (κ3) is 3.09. The molecule has 1 aromatic rings. The second-order valence-electron chi connectivity index (χ2n) is 4.74. The molecule has 0 amide bonds. The van der Waals surface area contributed by atoms with Crippen LogP contribution in [0.4, 0.5) is 0 Å². The van der Waals surface area contributed by atoms with Crippen molar-refractivity contribution in [1.82, 2.24) is 4.90 Å². The summed E-state index contributed by atoms with van der Waals surface area (Å²) in [4.78, 5) is 2.58. The quantitative estimate of drug-likeness (QED) is 0.872. The van der Waals surface area contributed by atoms with Gasteiger partial charge in [-0.05, 0) is 37.4 Å². The van der Waals surface area contributed by atoms with Gasteiger partial charge >= 0.3 is 0 Å². The second kappa shape index (κ2) is 5.98. The molecule has 17 heavy (non-hydrogen) atoms. The predicted molar refractivity (Wildman–Crippen MR) is 76.0 cm³/mol. The van der Waals surface area contributed by atoms with Gasteiger partial charge in [0, 0.05) is 23.1 Å². The van der Waals surface area contributed by atoms with E-state index in [2.05, 4.69) is 52.0 Å². The van der Waals surface area contributed by atoms with Crippen molar-refractivity contribution in [1.29, 1.82) is 0 Å². The summed E-state index contributed by atoms with van der Waals surface area (Å²) < 4.78 is 1.18. The zero-order valence-corrected chi connectivity index (χ0v) is 12.0. The topological polar surface area (TPSA) is 29.3 Å². The van der Waals surface area contributed by atoms with Crippen LogP contribution in [0, 0.1) is 0 Å². The van der Waals surface area contributed by atoms with E-state index in [0.717, 1.165) is 12.6 Å². The van der Waals surface area contributed by atoms with Crippen molar-refractivity contribution < 1.29 is 0 Å². The number of nitrogens with two attached hydrogens (primary N) is 1. The van der Waals surface area contributed by atoms with Gasteiger partial charge in [-0.2, -0.15) is 0 Å². The SMILES string of the molecule is CCCN(C1CC1)C(CN)c1ccccc1Br. The maximum absolute atomic E-state index is 6.01. The summed E-state index contributed by atoms with van der Waals surface area (Å²) in [6.45, 7) is 4.08. The van der Waals surface area contributed by atoms with Crippen molar-refractivity contribution in [3.05, 3.63) is 34.3 Å². The largest absolute Gasteiger partial charge is 0.329 e. The minimum Gasteiger partial charge on any atom is -0.329 e. The Hall–Kier alpha value is -0.380. The minimum atomic E-state index is 0.359. The molecule has 3 heteroatoms. The van der Waals surface area contributed by atoms with E-state index >= 15 is 0 Å². The summed E-state index contributed by atoms with van der Waals surface area (Å²) >= 11 is 3.64. The summed E-state index contributed by atoms with van der Waals surface area (Å²) in [6, 6.07) is 9.57. The zero-order chi connectivity index (χ0) is 12.3. The van der Waals surface area contributed by atoms with Gasteiger partial charge < -0.3 is 5.73 Å². The Labute approximate surface area is 112 Å². The highest BCUT2D eigenvalue weighted by Crippen LogP contribution is 2.36. The molecule has 0 aromatic heterocycles. The molecule has 1 aliphatic rings. The first-order chi connectivity index (χ1) is 8.27. The number of hydrogen-bond donors (Lipinski definition) is 1. The molecule has 0 aliphatic heterocycles. The highest BCUT2D eigenvalue weighted by molar-refractivity contribution is 9.10. The van der Waals surface area contributed by atoms with E-state index in [1.165, 1.54) is 29.3 Å². The third-order valence-electron chi connectivity index (χ3n) is 3.39. The number of rotatable bonds is 6. The van der Waals surface area contributed by atoms with Gasteiger partial charge in [-0.15, -0.1) is 0 Å². The Morgan fingerprint density at radius 3 is 2.65 bits per heavy atom. The summed E-state index contributed by atoms with van der Waals surface area (Å²) in [5, 5.41) is 0. The minimum absolute atomic E-state index is 0.359. The van der Waals surface area contributed by atoms with Gasteiger partial charge in [0.25, 0.3) is 0 Å². The van der Waals surface area contributed by atoms with E-state index in [1.807, 2.05) is 0 Å². The Kier molecular flexibility index (Phi) is 4.60. The van der Waals surface area contributed by atoms with E-state index < -0.39 is 0 Å². The molecule has 0 spiro atoms. The fraction of sp³-hybridized carbons (Fsp3) is 0.571. The Morgan fingerprint density at radius 1 is 1.41 bits per heavy atom. The highest BCUT2D eigenvalue weighted by atomic mass is 79.9. The Bertz CT molecular complexity index is 363. The first kappa shape index (κ1) is 13.1.